The Morgan fingerprint density at radius 3 is 2.27 bits per heavy atom. The molecule has 66 valence electrons. The van der Waals surface area contributed by atoms with Crippen LogP contribution in [0.1, 0.15) is 33.6 Å². The SMILES string of the molecule is CC(C)[C@H](O)C[C@@H]1C[C@]1(C)O. The van der Waals surface area contributed by atoms with E-state index in [0.29, 0.717) is 11.8 Å². The Balaban J connectivity index is 2.23. The molecule has 1 rings (SSSR count). The van der Waals surface area contributed by atoms with Crippen molar-refractivity contribution in [3.05, 3.63) is 0 Å². The van der Waals surface area contributed by atoms with Crippen LogP contribution in [0, 0.1) is 11.8 Å². The number of aliphatic hydroxyl groups is 2. The molecule has 2 nitrogen and oxygen atoms in total. The van der Waals surface area contributed by atoms with E-state index in [0.717, 1.165) is 12.8 Å². The van der Waals surface area contributed by atoms with Crippen molar-refractivity contribution in [3.63, 3.8) is 0 Å². The first-order valence-electron chi connectivity index (χ1n) is 4.34. The molecular formula is C9H18O2. The van der Waals surface area contributed by atoms with E-state index in [9.17, 15) is 10.2 Å². The second kappa shape index (κ2) is 2.76. The van der Waals surface area contributed by atoms with Crippen LogP contribution in [-0.2, 0) is 0 Å². The molecular weight excluding hydrogens is 140 g/mol. The van der Waals surface area contributed by atoms with Gasteiger partial charge in [-0.3, -0.25) is 0 Å². The Morgan fingerprint density at radius 2 is 2.00 bits per heavy atom. The summed E-state index contributed by atoms with van der Waals surface area (Å²) >= 11 is 0. The maximum absolute atomic E-state index is 9.46. The van der Waals surface area contributed by atoms with Crippen LogP contribution in [0.4, 0.5) is 0 Å². The van der Waals surface area contributed by atoms with Crippen LogP contribution in [-0.4, -0.2) is 21.9 Å². The lowest BCUT2D eigenvalue weighted by molar-refractivity contribution is 0.0861. The Kier molecular flexibility index (Phi) is 2.26. The van der Waals surface area contributed by atoms with E-state index in [-0.39, 0.29) is 6.10 Å². The molecule has 0 bridgehead atoms. The minimum absolute atomic E-state index is 0.242. The average molecular weight is 158 g/mol. The van der Waals surface area contributed by atoms with Crippen LogP contribution in [0.15, 0.2) is 0 Å². The first kappa shape index (κ1) is 9.01. The lowest BCUT2D eigenvalue weighted by Crippen LogP contribution is -2.17. The van der Waals surface area contributed by atoms with Gasteiger partial charge in [-0.2, -0.15) is 0 Å². The third-order valence-electron chi connectivity index (χ3n) is 2.67. The second-order valence-electron chi connectivity index (χ2n) is 4.31. The van der Waals surface area contributed by atoms with Gasteiger partial charge in [0.05, 0.1) is 11.7 Å². The van der Waals surface area contributed by atoms with Gasteiger partial charge in [-0.25, -0.2) is 0 Å². The van der Waals surface area contributed by atoms with E-state index in [1.54, 1.807) is 0 Å². The van der Waals surface area contributed by atoms with Crippen molar-refractivity contribution in [2.45, 2.75) is 45.3 Å². The molecule has 1 aliphatic carbocycles. The first-order chi connectivity index (χ1) is 4.93. The second-order valence-corrected chi connectivity index (χ2v) is 4.31. The molecule has 0 aromatic carbocycles. The van der Waals surface area contributed by atoms with Crippen molar-refractivity contribution >= 4 is 0 Å². The Hall–Kier alpha value is -0.0800. The topological polar surface area (TPSA) is 40.5 Å². The van der Waals surface area contributed by atoms with Gasteiger partial charge in [-0.1, -0.05) is 13.8 Å². The van der Waals surface area contributed by atoms with Crippen molar-refractivity contribution < 1.29 is 10.2 Å². The third-order valence-corrected chi connectivity index (χ3v) is 2.67. The molecule has 3 atom stereocenters. The predicted octanol–water partition coefficient (Wildman–Crippen LogP) is 1.16. The molecule has 11 heavy (non-hydrogen) atoms. The molecule has 0 amide bonds. The summed E-state index contributed by atoms with van der Waals surface area (Å²) in [4.78, 5) is 0. The maximum atomic E-state index is 9.46. The first-order valence-corrected chi connectivity index (χ1v) is 4.34. The van der Waals surface area contributed by atoms with E-state index < -0.39 is 5.60 Å². The van der Waals surface area contributed by atoms with Gasteiger partial charge in [0.25, 0.3) is 0 Å². The maximum Gasteiger partial charge on any atom is 0.0653 e. The highest BCUT2D eigenvalue weighted by atomic mass is 16.3. The monoisotopic (exact) mass is 158 g/mol. The summed E-state index contributed by atoms with van der Waals surface area (Å²) in [5.74, 6) is 0.645. The molecule has 1 saturated carbocycles. The molecule has 2 heteroatoms. The van der Waals surface area contributed by atoms with Crippen LogP contribution >= 0.6 is 0 Å². The molecule has 1 aliphatic rings. The largest absolute Gasteiger partial charge is 0.393 e. The molecule has 0 saturated heterocycles. The standard InChI is InChI=1S/C9H18O2/c1-6(2)8(10)4-7-5-9(7,3)11/h6-8,10-11H,4-5H2,1-3H3/t7-,8-,9+/m1/s1. The molecule has 0 spiro atoms. The molecule has 0 aromatic rings. The highest BCUT2D eigenvalue weighted by molar-refractivity contribution is 5.00. The van der Waals surface area contributed by atoms with Gasteiger partial charge in [0.15, 0.2) is 0 Å². The predicted molar refractivity (Wildman–Crippen MR) is 44.2 cm³/mol. The Labute approximate surface area is 68.2 Å². The lowest BCUT2D eigenvalue weighted by Gasteiger charge is -2.14. The number of hydrogen-bond acceptors (Lipinski definition) is 2. The molecule has 0 radical (unpaired) electrons. The highest BCUT2D eigenvalue weighted by Crippen LogP contribution is 2.46. The van der Waals surface area contributed by atoms with Crippen LogP contribution in [0.3, 0.4) is 0 Å². The fourth-order valence-corrected chi connectivity index (χ4v) is 1.34. The number of aliphatic hydroxyl groups excluding tert-OH is 1. The number of rotatable bonds is 3. The molecule has 1 fully saturated rings. The summed E-state index contributed by atoms with van der Waals surface area (Å²) in [6.45, 7) is 5.84. The van der Waals surface area contributed by atoms with Gasteiger partial charge in [0, 0.05) is 0 Å². The van der Waals surface area contributed by atoms with Gasteiger partial charge in [-0.05, 0) is 31.6 Å². The molecule has 0 unspecified atom stereocenters. The fraction of sp³-hybridized carbons (Fsp3) is 1.00. The zero-order chi connectivity index (χ0) is 8.65. The Bertz CT molecular complexity index is 140. The van der Waals surface area contributed by atoms with Crippen molar-refractivity contribution in [3.8, 4) is 0 Å². The van der Waals surface area contributed by atoms with E-state index in [1.807, 2.05) is 20.8 Å². The lowest BCUT2D eigenvalue weighted by atomic mass is 10.0. The van der Waals surface area contributed by atoms with Gasteiger partial charge >= 0.3 is 0 Å². The van der Waals surface area contributed by atoms with Crippen molar-refractivity contribution in [2.24, 2.45) is 11.8 Å². The van der Waals surface area contributed by atoms with Crippen molar-refractivity contribution in [1.82, 2.24) is 0 Å². The minimum Gasteiger partial charge on any atom is -0.393 e. The Morgan fingerprint density at radius 1 is 1.55 bits per heavy atom. The number of hydrogen-bond donors (Lipinski definition) is 2. The summed E-state index contributed by atoms with van der Waals surface area (Å²) in [5, 5.41) is 18.9. The van der Waals surface area contributed by atoms with Gasteiger partial charge < -0.3 is 10.2 Å². The van der Waals surface area contributed by atoms with Crippen molar-refractivity contribution in [2.75, 3.05) is 0 Å². The van der Waals surface area contributed by atoms with Crippen LogP contribution in [0.5, 0.6) is 0 Å². The highest BCUT2D eigenvalue weighted by Gasteiger charge is 2.48. The summed E-state index contributed by atoms with van der Waals surface area (Å²) < 4.78 is 0. The molecule has 0 heterocycles. The minimum atomic E-state index is -0.476. The molecule has 0 aromatic heterocycles. The van der Waals surface area contributed by atoms with Crippen LogP contribution < -0.4 is 0 Å². The average Bonchev–Trinajstić information content (AvgIpc) is 2.39. The smallest absolute Gasteiger partial charge is 0.0653 e. The summed E-state index contributed by atoms with van der Waals surface area (Å²) in [7, 11) is 0. The van der Waals surface area contributed by atoms with E-state index >= 15 is 0 Å². The molecule has 2 N–H and O–H groups in total. The van der Waals surface area contributed by atoms with Crippen LogP contribution in [0.25, 0.3) is 0 Å². The summed E-state index contributed by atoms with van der Waals surface area (Å²) in [6, 6.07) is 0. The van der Waals surface area contributed by atoms with E-state index in [2.05, 4.69) is 0 Å². The zero-order valence-corrected chi connectivity index (χ0v) is 7.54. The zero-order valence-electron chi connectivity index (χ0n) is 7.54. The summed E-state index contributed by atoms with van der Waals surface area (Å²) in [6.07, 6.45) is 1.37. The van der Waals surface area contributed by atoms with Crippen LogP contribution in [0.2, 0.25) is 0 Å². The van der Waals surface area contributed by atoms with E-state index in [1.165, 1.54) is 0 Å². The fourth-order valence-electron chi connectivity index (χ4n) is 1.34. The van der Waals surface area contributed by atoms with Gasteiger partial charge in [-0.15, -0.1) is 0 Å². The van der Waals surface area contributed by atoms with Gasteiger partial charge in [0.2, 0.25) is 0 Å². The quantitative estimate of drug-likeness (QED) is 0.647. The molecule has 0 aliphatic heterocycles. The van der Waals surface area contributed by atoms with Crippen molar-refractivity contribution in [1.29, 1.82) is 0 Å². The summed E-state index contributed by atoms with van der Waals surface area (Å²) in [5.41, 5.74) is -0.476. The third kappa shape index (κ3) is 2.17. The van der Waals surface area contributed by atoms with E-state index in [4.69, 9.17) is 0 Å². The normalized spacial score (nSPS) is 39.3. The van der Waals surface area contributed by atoms with Gasteiger partial charge in [0.1, 0.15) is 0 Å².